The Labute approximate surface area is 97.8 Å². The fourth-order valence-corrected chi connectivity index (χ4v) is 1.64. The van der Waals surface area contributed by atoms with Gasteiger partial charge < -0.3 is 5.32 Å². The SMILES string of the molecule is CCC(C)CNCC(Cl)c1ccccc1. The Kier molecular flexibility index (Phi) is 5.74. The standard InChI is InChI=1S/C13H20ClN/c1-3-11(2)9-15-10-13(14)12-7-5-4-6-8-12/h4-8,11,13,15H,3,9-10H2,1-2H3. The van der Waals surface area contributed by atoms with Crippen molar-refractivity contribution < 1.29 is 0 Å². The molecule has 0 radical (unpaired) electrons. The van der Waals surface area contributed by atoms with E-state index in [1.165, 1.54) is 12.0 Å². The summed E-state index contributed by atoms with van der Waals surface area (Å²) in [5.74, 6) is 0.727. The number of halogens is 1. The van der Waals surface area contributed by atoms with Crippen LogP contribution in [-0.4, -0.2) is 13.1 Å². The maximum atomic E-state index is 6.27. The summed E-state index contributed by atoms with van der Waals surface area (Å²) in [4.78, 5) is 0. The molecule has 1 N–H and O–H groups in total. The molecule has 2 unspecified atom stereocenters. The van der Waals surface area contributed by atoms with Crippen LogP contribution in [0.2, 0.25) is 0 Å². The summed E-state index contributed by atoms with van der Waals surface area (Å²) in [7, 11) is 0. The van der Waals surface area contributed by atoms with E-state index >= 15 is 0 Å². The number of benzene rings is 1. The van der Waals surface area contributed by atoms with Gasteiger partial charge in [0.2, 0.25) is 0 Å². The molecule has 0 aliphatic carbocycles. The molecule has 0 aromatic heterocycles. The molecular weight excluding hydrogens is 206 g/mol. The highest BCUT2D eigenvalue weighted by atomic mass is 35.5. The Balaban J connectivity index is 2.28. The molecule has 1 rings (SSSR count). The minimum Gasteiger partial charge on any atom is -0.315 e. The molecule has 0 amide bonds. The number of rotatable bonds is 6. The maximum Gasteiger partial charge on any atom is 0.0709 e. The van der Waals surface area contributed by atoms with Gasteiger partial charge in [-0.05, 0) is 18.0 Å². The van der Waals surface area contributed by atoms with Crippen LogP contribution in [0.5, 0.6) is 0 Å². The number of hydrogen-bond donors (Lipinski definition) is 1. The van der Waals surface area contributed by atoms with E-state index < -0.39 is 0 Å². The number of nitrogens with one attached hydrogen (secondary N) is 1. The lowest BCUT2D eigenvalue weighted by Gasteiger charge is -2.13. The number of alkyl halides is 1. The zero-order chi connectivity index (χ0) is 11.1. The highest BCUT2D eigenvalue weighted by molar-refractivity contribution is 6.21. The van der Waals surface area contributed by atoms with Crippen molar-refractivity contribution in [2.24, 2.45) is 5.92 Å². The lowest BCUT2D eigenvalue weighted by atomic mass is 10.1. The molecule has 0 saturated heterocycles. The number of hydrogen-bond acceptors (Lipinski definition) is 1. The van der Waals surface area contributed by atoms with Crippen molar-refractivity contribution in [2.75, 3.05) is 13.1 Å². The van der Waals surface area contributed by atoms with Crippen LogP contribution >= 0.6 is 11.6 Å². The second-order valence-electron chi connectivity index (χ2n) is 4.05. The van der Waals surface area contributed by atoms with E-state index in [9.17, 15) is 0 Å². The smallest absolute Gasteiger partial charge is 0.0709 e. The third kappa shape index (κ3) is 4.67. The molecule has 0 saturated carbocycles. The minimum absolute atomic E-state index is 0.0789. The summed E-state index contributed by atoms with van der Waals surface area (Å²) in [6.07, 6.45) is 1.21. The van der Waals surface area contributed by atoms with E-state index in [0.717, 1.165) is 19.0 Å². The van der Waals surface area contributed by atoms with Gasteiger partial charge in [-0.1, -0.05) is 50.6 Å². The van der Waals surface area contributed by atoms with Crippen LogP contribution in [0.3, 0.4) is 0 Å². The molecular formula is C13H20ClN. The molecule has 0 spiro atoms. The van der Waals surface area contributed by atoms with Crippen molar-refractivity contribution in [3.63, 3.8) is 0 Å². The Hall–Kier alpha value is -0.530. The lowest BCUT2D eigenvalue weighted by molar-refractivity contribution is 0.500. The Morgan fingerprint density at radius 2 is 1.87 bits per heavy atom. The van der Waals surface area contributed by atoms with Gasteiger partial charge in [0.15, 0.2) is 0 Å². The second-order valence-corrected chi connectivity index (χ2v) is 4.58. The van der Waals surface area contributed by atoms with Crippen molar-refractivity contribution in [3.8, 4) is 0 Å². The van der Waals surface area contributed by atoms with E-state index in [1.807, 2.05) is 18.2 Å². The lowest BCUT2D eigenvalue weighted by Crippen LogP contribution is -2.24. The zero-order valence-electron chi connectivity index (χ0n) is 9.54. The van der Waals surface area contributed by atoms with Gasteiger partial charge >= 0.3 is 0 Å². The quantitative estimate of drug-likeness (QED) is 0.730. The van der Waals surface area contributed by atoms with Crippen LogP contribution < -0.4 is 5.32 Å². The molecule has 0 aliphatic heterocycles. The average Bonchev–Trinajstić information content (AvgIpc) is 2.29. The fraction of sp³-hybridized carbons (Fsp3) is 0.538. The summed E-state index contributed by atoms with van der Waals surface area (Å²) >= 11 is 6.27. The fourth-order valence-electron chi connectivity index (χ4n) is 1.38. The first kappa shape index (κ1) is 12.5. The van der Waals surface area contributed by atoms with E-state index in [1.54, 1.807) is 0 Å². The van der Waals surface area contributed by atoms with Gasteiger partial charge in [0.05, 0.1) is 5.38 Å². The van der Waals surface area contributed by atoms with Gasteiger partial charge in [0.25, 0.3) is 0 Å². The molecule has 1 aromatic carbocycles. The Bertz CT molecular complexity index is 260. The van der Waals surface area contributed by atoms with Crippen molar-refractivity contribution >= 4 is 11.6 Å². The van der Waals surface area contributed by atoms with E-state index in [2.05, 4.69) is 31.3 Å². The zero-order valence-corrected chi connectivity index (χ0v) is 10.3. The predicted molar refractivity (Wildman–Crippen MR) is 67.4 cm³/mol. The van der Waals surface area contributed by atoms with Crippen molar-refractivity contribution in [1.82, 2.24) is 5.32 Å². The monoisotopic (exact) mass is 225 g/mol. The molecule has 1 nitrogen and oxygen atoms in total. The minimum atomic E-state index is 0.0789. The molecule has 2 heteroatoms. The van der Waals surface area contributed by atoms with Gasteiger partial charge in [-0.3, -0.25) is 0 Å². The third-order valence-corrected chi connectivity index (χ3v) is 3.08. The van der Waals surface area contributed by atoms with Gasteiger partial charge in [0.1, 0.15) is 0 Å². The van der Waals surface area contributed by atoms with Crippen LogP contribution in [0.25, 0.3) is 0 Å². The van der Waals surface area contributed by atoms with Crippen LogP contribution in [-0.2, 0) is 0 Å². The molecule has 15 heavy (non-hydrogen) atoms. The maximum absolute atomic E-state index is 6.27. The first-order valence-electron chi connectivity index (χ1n) is 5.63. The highest BCUT2D eigenvalue weighted by Crippen LogP contribution is 2.18. The van der Waals surface area contributed by atoms with Crippen molar-refractivity contribution in [2.45, 2.75) is 25.6 Å². The molecule has 0 aliphatic rings. The molecule has 84 valence electrons. The van der Waals surface area contributed by atoms with Gasteiger partial charge in [-0.15, -0.1) is 11.6 Å². The van der Waals surface area contributed by atoms with Gasteiger partial charge in [-0.2, -0.15) is 0 Å². The van der Waals surface area contributed by atoms with Crippen LogP contribution in [0.4, 0.5) is 0 Å². The Morgan fingerprint density at radius 3 is 2.47 bits per heavy atom. The Morgan fingerprint density at radius 1 is 1.20 bits per heavy atom. The van der Waals surface area contributed by atoms with E-state index in [4.69, 9.17) is 11.6 Å². The first-order chi connectivity index (χ1) is 7.24. The van der Waals surface area contributed by atoms with Crippen molar-refractivity contribution in [3.05, 3.63) is 35.9 Å². The largest absolute Gasteiger partial charge is 0.315 e. The topological polar surface area (TPSA) is 12.0 Å². The second kappa shape index (κ2) is 6.86. The molecule has 0 fully saturated rings. The molecule has 0 bridgehead atoms. The molecule has 1 aromatic rings. The summed E-state index contributed by atoms with van der Waals surface area (Å²) in [6.45, 7) is 6.35. The predicted octanol–water partition coefficient (Wildman–Crippen LogP) is 3.60. The normalized spacial score (nSPS) is 14.9. The summed E-state index contributed by atoms with van der Waals surface area (Å²) in [5.41, 5.74) is 1.19. The van der Waals surface area contributed by atoms with Crippen LogP contribution in [0.15, 0.2) is 30.3 Å². The van der Waals surface area contributed by atoms with Crippen LogP contribution in [0, 0.1) is 5.92 Å². The average molecular weight is 226 g/mol. The van der Waals surface area contributed by atoms with E-state index in [-0.39, 0.29) is 5.38 Å². The summed E-state index contributed by atoms with van der Waals surface area (Å²) in [6, 6.07) is 10.2. The van der Waals surface area contributed by atoms with E-state index in [0.29, 0.717) is 0 Å². The van der Waals surface area contributed by atoms with Crippen LogP contribution in [0.1, 0.15) is 31.2 Å². The van der Waals surface area contributed by atoms with Gasteiger partial charge in [-0.25, -0.2) is 0 Å². The molecule has 2 atom stereocenters. The summed E-state index contributed by atoms with van der Waals surface area (Å²) < 4.78 is 0. The molecule has 0 heterocycles. The van der Waals surface area contributed by atoms with Gasteiger partial charge in [0, 0.05) is 6.54 Å². The van der Waals surface area contributed by atoms with Crippen molar-refractivity contribution in [1.29, 1.82) is 0 Å². The highest BCUT2D eigenvalue weighted by Gasteiger charge is 2.06. The first-order valence-corrected chi connectivity index (χ1v) is 6.07. The third-order valence-electron chi connectivity index (χ3n) is 2.67. The summed E-state index contributed by atoms with van der Waals surface area (Å²) in [5, 5.41) is 3.48.